The average molecular weight is 440 g/mol. The zero-order valence-electron chi connectivity index (χ0n) is 16.7. The van der Waals surface area contributed by atoms with Crippen molar-refractivity contribution in [1.82, 2.24) is 15.3 Å². The third-order valence-electron chi connectivity index (χ3n) is 4.56. The van der Waals surface area contributed by atoms with Crippen LogP contribution in [0.5, 0.6) is 5.75 Å². The number of carboxylic acids is 2. The molecule has 11 heteroatoms. The summed E-state index contributed by atoms with van der Waals surface area (Å²) in [6, 6.07) is 9.74. The van der Waals surface area contributed by atoms with Crippen LogP contribution in [0, 0.1) is 0 Å². The van der Waals surface area contributed by atoms with Gasteiger partial charge in [-0.3, -0.25) is 19.4 Å². The molecule has 11 nitrogen and oxygen atoms in total. The number of ether oxygens (including phenoxy) is 1. The third kappa shape index (κ3) is 5.59. The lowest BCUT2D eigenvalue weighted by Gasteiger charge is -2.14. The second kappa shape index (κ2) is 9.60. The van der Waals surface area contributed by atoms with E-state index in [2.05, 4.69) is 15.3 Å². The number of nitrogen functional groups attached to an aromatic ring is 1. The first-order valence-electron chi connectivity index (χ1n) is 9.49. The molecule has 3 rings (SSSR count). The first-order valence-corrected chi connectivity index (χ1v) is 9.49. The molecule has 0 aliphatic heterocycles. The molecule has 1 amide bonds. The van der Waals surface area contributed by atoms with Crippen LogP contribution in [0.15, 0.2) is 47.3 Å². The van der Waals surface area contributed by atoms with Crippen LogP contribution in [0.2, 0.25) is 0 Å². The summed E-state index contributed by atoms with van der Waals surface area (Å²) >= 11 is 0. The maximum absolute atomic E-state index is 12.3. The van der Waals surface area contributed by atoms with Crippen LogP contribution >= 0.6 is 0 Å². The fourth-order valence-electron chi connectivity index (χ4n) is 2.93. The highest BCUT2D eigenvalue weighted by molar-refractivity contribution is 5.96. The maximum atomic E-state index is 12.3. The van der Waals surface area contributed by atoms with E-state index in [1.807, 2.05) is 0 Å². The van der Waals surface area contributed by atoms with Crippen molar-refractivity contribution >= 4 is 34.7 Å². The molecule has 0 spiro atoms. The third-order valence-corrected chi connectivity index (χ3v) is 4.56. The van der Waals surface area contributed by atoms with Gasteiger partial charge >= 0.3 is 11.9 Å². The minimum atomic E-state index is -1.31. The standard InChI is InChI=1S/C21H20N4O7/c22-21-24-15-6-1-11(9-14(15)19(29)25-21)10-32-13-4-2-12(3-5-13)18(28)23-16(20(30)31)7-8-17(26)27/h1-6,9,16H,7-8,10H2,(H,23,28)(H,26,27)(H,30,31)(H3,22,24,25,29)/t16-/m0/s1. The molecular formula is C21H20N4O7. The number of nitrogens with two attached hydrogens (primary N) is 1. The lowest BCUT2D eigenvalue weighted by atomic mass is 10.1. The van der Waals surface area contributed by atoms with Crippen LogP contribution in [-0.2, 0) is 16.2 Å². The van der Waals surface area contributed by atoms with Crippen LogP contribution in [0.25, 0.3) is 10.9 Å². The van der Waals surface area contributed by atoms with Gasteiger partial charge in [0.1, 0.15) is 18.4 Å². The topological polar surface area (TPSA) is 185 Å². The van der Waals surface area contributed by atoms with Gasteiger partial charge in [0.15, 0.2) is 0 Å². The first kappa shape index (κ1) is 22.3. The van der Waals surface area contributed by atoms with Gasteiger partial charge in [0.25, 0.3) is 11.5 Å². The number of benzene rings is 2. The second-order valence-electron chi connectivity index (χ2n) is 6.91. The van der Waals surface area contributed by atoms with E-state index in [4.69, 9.17) is 20.7 Å². The van der Waals surface area contributed by atoms with E-state index in [-0.39, 0.29) is 36.5 Å². The van der Waals surface area contributed by atoms with Crippen molar-refractivity contribution in [3.63, 3.8) is 0 Å². The molecule has 0 saturated heterocycles. The highest BCUT2D eigenvalue weighted by atomic mass is 16.5. The Morgan fingerprint density at radius 1 is 1.12 bits per heavy atom. The first-order chi connectivity index (χ1) is 15.2. The Hall–Kier alpha value is -4.41. The van der Waals surface area contributed by atoms with E-state index < -0.39 is 23.9 Å². The lowest BCUT2D eigenvalue weighted by molar-refractivity contribution is -0.140. The van der Waals surface area contributed by atoms with Crippen LogP contribution in [-0.4, -0.2) is 44.1 Å². The number of rotatable bonds is 9. The van der Waals surface area contributed by atoms with Gasteiger partial charge in [-0.15, -0.1) is 0 Å². The summed E-state index contributed by atoms with van der Waals surface area (Å²) < 4.78 is 5.68. The number of anilines is 1. The number of hydrogen-bond acceptors (Lipinski definition) is 7. The molecule has 1 atom stereocenters. The van der Waals surface area contributed by atoms with Gasteiger partial charge in [0, 0.05) is 12.0 Å². The SMILES string of the molecule is Nc1nc2ccc(COc3ccc(C(=O)N[C@@H](CCC(=O)O)C(=O)O)cc3)cc2c(=O)[nH]1. The number of aromatic amines is 1. The summed E-state index contributed by atoms with van der Waals surface area (Å²) in [5.74, 6) is -2.62. The van der Waals surface area contributed by atoms with E-state index in [1.165, 1.54) is 24.3 Å². The number of fused-ring (bicyclic) bond motifs is 1. The van der Waals surface area contributed by atoms with Crippen molar-refractivity contribution in [3.8, 4) is 5.75 Å². The minimum absolute atomic E-state index is 0.0344. The Balaban J connectivity index is 1.62. The van der Waals surface area contributed by atoms with Crippen molar-refractivity contribution in [2.24, 2.45) is 0 Å². The van der Waals surface area contributed by atoms with Crippen molar-refractivity contribution in [3.05, 3.63) is 63.9 Å². The van der Waals surface area contributed by atoms with Crippen molar-refractivity contribution < 1.29 is 29.3 Å². The monoisotopic (exact) mass is 440 g/mol. The molecule has 0 bridgehead atoms. The molecular weight excluding hydrogens is 420 g/mol. The molecule has 0 radical (unpaired) electrons. The van der Waals surface area contributed by atoms with Gasteiger partial charge in [-0.25, -0.2) is 9.78 Å². The van der Waals surface area contributed by atoms with Gasteiger partial charge in [0.05, 0.1) is 10.9 Å². The van der Waals surface area contributed by atoms with E-state index in [1.54, 1.807) is 18.2 Å². The lowest BCUT2D eigenvalue weighted by Crippen LogP contribution is -2.41. The normalized spacial score (nSPS) is 11.6. The Bertz CT molecular complexity index is 1220. The molecule has 3 aromatic rings. The van der Waals surface area contributed by atoms with Crippen LogP contribution in [0.4, 0.5) is 5.95 Å². The Labute approximate surface area is 180 Å². The summed E-state index contributed by atoms with van der Waals surface area (Å²) in [5.41, 5.74) is 6.55. The molecule has 32 heavy (non-hydrogen) atoms. The Kier molecular flexibility index (Phi) is 6.68. The molecule has 2 aromatic carbocycles. The number of aliphatic carboxylic acids is 2. The minimum Gasteiger partial charge on any atom is -0.489 e. The molecule has 0 aliphatic rings. The van der Waals surface area contributed by atoms with Crippen LogP contribution in [0.1, 0.15) is 28.8 Å². The fourth-order valence-corrected chi connectivity index (χ4v) is 2.93. The number of hydrogen-bond donors (Lipinski definition) is 5. The van der Waals surface area contributed by atoms with Crippen molar-refractivity contribution in [2.75, 3.05) is 5.73 Å². The number of aromatic nitrogens is 2. The fraction of sp³-hybridized carbons (Fsp3) is 0.190. The number of H-pyrrole nitrogens is 1. The number of carboxylic acid groups (broad SMARTS) is 2. The predicted octanol–water partition coefficient (Wildman–Crippen LogP) is 1.13. The summed E-state index contributed by atoms with van der Waals surface area (Å²) in [4.78, 5) is 52.6. The van der Waals surface area contributed by atoms with E-state index in [0.717, 1.165) is 5.56 Å². The number of amides is 1. The van der Waals surface area contributed by atoms with Gasteiger partial charge in [0.2, 0.25) is 5.95 Å². The van der Waals surface area contributed by atoms with E-state index >= 15 is 0 Å². The zero-order valence-corrected chi connectivity index (χ0v) is 16.7. The zero-order chi connectivity index (χ0) is 23.3. The summed E-state index contributed by atoms with van der Waals surface area (Å²) in [7, 11) is 0. The number of carbonyl (C=O) groups is 3. The number of carbonyl (C=O) groups excluding carboxylic acids is 1. The number of nitrogens with zero attached hydrogens (tertiary/aromatic N) is 1. The molecule has 0 saturated carbocycles. The molecule has 6 N–H and O–H groups in total. The average Bonchev–Trinajstić information content (AvgIpc) is 2.75. The van der Waals surface area contributed by atoms with Crippen molar-refractivity contribution in [1.29, 1.82) is 0 Å². The van der Waals surface area contributed by atoms with Gasteiger partial charge in [-0.05, 0) is 48.4 Å². The summed E-state index contributed by atoms with van der Waals surface area (Å²) in [6.07, 6.45) is -0.609. The molecule has 1 heterocycles. The highest BCUT2D eigenvalue weighted by Crippen LogP contribution is 2.17. The van der Waals surface area contributed by atoms with E-state index in [0.29, 0.717) is 16.7 Å². The van der Waals surface area contributed by atoms with Crippen molar-refractivity contribution in [2.45, 2.75) is 25.5 Å². The van der Waals surface area contributed by atoms with Crippen LogP contribution in [0.3, 0.4) is 0 Å². The summed E-state index contributed by atoms with van der Waals surface area (Å²) in [5, 5.41) is 20.5. The van der Waals surface area contributed by atoms with Crippen LogP contribution < -0.4 is 21.3 Å². The summed E-state index contributed by atoms with van der Waals surface area (Å²) in [6.45, 7) is 0.154. The predicted molar refractivity (Wildman–Crippen MR) is 113 cm³/mol. The quantitative estimate of drug-likeness (QED) is 0.325. The molecule has 0 aliphatic carbocycles. The largest absolute Gasteiger partial charge is 0.489 e. The smallest absolute Gasteiger partial charge is 0.326 e. The van der Waals surface area contributed by atoms with Gasteiger partial charge in [-0.2, -0.15) is 0 Å². The number of nitrogens with one attached hydrogen (secondary N) is 2. The van der Waals surface area contributed by atoms with Gasteiger partial charge < -0.3 is 26.0 Å². The molecule has 0 unspecified atom stereocenters. The molecule has 0 fully saturated rings. The maximum Gasteiger partial charge on any atom is 0.326 e. The van der Waals surface area contributed by atoms with Gasteiger partial charge in [-0.1, -0.05) is 6.07 Å². The van der Waals surface area contributed by atoms with E-state index in [9.17, 15) is 19.2 Å². The molecule has 166 valence electrons. The Morgan fingerprint density at radius 2 is 1.84 bits per heavy atom. The highest BCUT2D eigenvalue weighted by Gasteiger charge is 2.21. The molecule has 1 aromatic heterocycles. The second-order valence-corrected chi connectivity index (χ2v) is 6.91. The Morgan fingerprint density at radius 3 is 2.50 bits per heavy atom.